The van der Waals surface area contributed by atoms with E-state index in [0.717, 1.165) is 6.07 Å². The molecule has 0 fully saturated rings. The quantitative estimate of drug-likeness (QED) is 0.774. The lowest BCUT2D eigenvalue weighted by Crippen LogP contribution is -2.20. The second kappa shape index (κ2) is 4.30. The number of benzene rings is 1. The molecule has 0 aromatic heterocycles. The minimum absolute atomic E-state index is 0.0697. The van der Waals surface area contributed by atoms with Crippen LogP contribution in [0.15, 0.2) is 18.2 Å². The number of amides is 1. The van der Waals surface area contributed by atoms with Gasteiger partial charge in [0.2, 0.25) is 0 Å². The van der Waals surface area contributed by atoms with Crippen LogP contribution in [0.25, 0.3) is 0 Å². The fourth-order valence-electron chi connectivity index (χ4n) is 1.00. The van der Waals surface area contributed by atoms with E-state index >= 15 is 0 Å². The van der Waals surface area contributed by atoms with Gasteiger partial charge >= 0.3 is 6.18 Å². The zero-order valence-electron chi connectivity index (χ0n) is 8.04. The summed E-state index contributed by atoms with van der Waals surface area (Å²) in [7, 11) is 0. The highest BCUT2D eigenvalue weighted by Crippen LogP contribution is 2.22. The van der Waals surface area contributed by atoms with Crippen molar-refractivity contribution in [2.45, 2.75) is 6.18 Å². The Hall–Kier alpha value is -1.92. The number of nitrogen functional groups attached to an aromatic ring is 1. The number of nitrogens with two attached hydrogens (primary N) is 2. The van der Waals surface area contributed by atoms with E-state index in [1.165, 1.54) is 12.1 Å². The number of carbonyl (C=O) groups excluding carboxylic acids is 1. The number of ether oxygens (including phenoxy) is 1. The number of rotatable bonds is 3. The van der Waals surface area contributed by atoms with E-state index in [9.17, 15) is 18.0 Å². The lowest BCUT2D eigenvalue weighted by molar-refractivity contribution is -0.153. The van der Waals surface area contributed by atoms with Crippen LogP contribution in [-0.2, 0) is 0 Å². The topological polar surface area (TPSA) is 78.3 Å². The van der Waals surface area contributed by atoms with Crippen LogP contribution in [0.1, 0.15) is 10.4 Å². The maximum atomic E-state index is 11.8. The Labute approximate surface area is 89.0 Å². The second-order valence-electron chi connectivity index (χ2n) is 3.02. The molecule has 4 nitrogen and oxygen atoms in total. The minimum atomic E-state index is -4.44. The van der Waals surface area contributed by atoms with Crippen molar-refractivity contribution in [2.75, 3.05) is 12.3 Å². The van der Waals surface area contributed by atoms with Crippen LogP contribution >= 0.6 is 0 Å². The second-order valence-corrected chi connectivity index (χ2v) is 3.02. The molecule has 0 atom stereocenters. The molecule has 4 N–H and O–H groups in total. The summed E-state index contributed by atoms with van der Waals surface area (Å²) in [5.74, 6) is -0.935. The number of hydrogen-bond acceptors (Lipinski definition) is 3. The number of alkyl halides is 3. The van der Waals surface area contributed by atoms with Crippen molar-refractivity contribution in [2.24, 2.45) is 5.73 Å². The third-order valence-corrected chi connectivity index (χ3v) is 1.69. The van der Waals surface area contributed by atoms with Crippen molar-refractivity contribution < 1.29 is 22.7 Å². The molecule has 88 valence electrons. The van der Waals surface area contributed by atoms with Crippen molar-refractivity contribution in [3.8, 4) is 5.75 Å². The molecule has 0 aliphatic rings. The maximum Gasteiger partial charge on any atom is 0.422 e. The van der Waals surface area contributed by atoms with E-state index in [2.05, 4.69) is 4.74 Å². The van der Waals surface area contributed by atoms with E-state index in [-0.39, 0.29) is 17.0 Å². The normalized spacial score (nSPS) is 11.2. The van der Waals surface area contributed by atoms with Gasteiger partial charge in [-0.25, -0.2) is 0 Å². The van der Waals surface area contributed by atoms with Crippen LogP contribution < -0.4 is 16.2 Å². The van der Waals surface area contributed by atoms with Crippen LogP contribution in [0.4, 0.5) is 18.9 Å². The molecule has 0 aliphatic carbocycles. The van der Waals surface area contributed by atoms with Crippen molar-refractivity contribution in [1.29, 1.82) is 0 Å². The summed E-state index contributed by atoms with van der Waals surface area (Å²) in [5, 5.41) is 0. The van der Waals surface area contributed by atoms with Crippen molar-refractivity contribution in [1.82, 2.24) is 0 Å². The lowest BCUT2D eigenvalue weighted by Gasteiger charge is -2.10. The van der Waals surface area contributed by atoms with E-state index in [4.69, 9.17) is 11.5 Å². The molecular formula is C9H9F3N2O2. The first-order valence-electron chi connectivity index (χ1n) is 4.18. The predicted octanol–water partition coefficient (Wildman–Crippen LogP) is 1.31. The molecule has 1 aromatic rings. The summed E-state index contributed by atoms with van der Waals surface area (Å²) in [6.07, 6.45) is -4.44. The number of carbonyl (C=O) groups is 1. The van der Waals surface area contributed by atoms with Gasteiger partial charge in [-0.3, -0.25) is 4.79 Å². The Balaban J connectivity index is 2.83. The van der Waals surface area contributed by atoms with E-state index in [1.807, 2.05) is 0 Å². The molecule has 0 radical (unpaired) electrons. The first kappa shape index (κ1) is 12.2. The molecule has 7 heteroatoms. The van der Waals surface area contributed by atoms with Gasteiger partial charge in [-0.15, -0.1) is 0 Å². The predicted molar refractivity (Wildman–Crippen MR) is 50.9 cm³/mol. The molecule has 0 saturated heterocycles. The lowest BCUT2D eigenvalue weighted by atomic mass is 10.1. The highest BCUT2D eigenvalue weighted by Gasteiger charge is 2.28. The van der Waals surface area contributed by atoms with Crippen LogP contribution in [0, 0.1) is 0 Å². The first-order chi connectivity index (χ1) is 7.29. The molecule has 1 rings (SSSR count). The summed E-state index contributed by atoms with van der Waals surface area (Å²) in [6.45, 7) is -1.44. The van der Waals surface area contributed by atoms with Crippen LogP contribution in [0.5, 0.6) is 5.75 Å². The molecule has 1 amide bonds. The Morgan fingerprint density at radius 1 is 1.38 bits per heavy atom. The third-order valence-electron chi connectivity index (χ3n) is 1.69. The van der Waals surface area contributed by atoms with E-state index in [0.29, 0.717) is 0 Å². The average Bonchev–Trinajstić information content (AvgIpc) is 2.14. The summed E-state index contributed by atoms with van der Waals surface area (Å²) in [5.41, 5.74) is 10.4. The molecular weight excluding hydrogens is 225 g/mol. The number of anilines is 1. The Morgan fingerprint density at radius 2 is 2.00 bits per heavy atom. The molecule has 0 bridgehead atoms. The molecule has 0 aliphatic heterocycles. The Kier molecular flexibility index (Phi) is 3.26. The molecule has 0 spiro atoms. The first-order valence-corrected chi connectivity index (χ1v) is 4.18. The van der Waals surface area contributed by atoms with Crippen molar-refractivity contribution in [3.63, 3.8) is 0 Å². The SMILES string of the molecule is NC(=O)c1cc(OCC(F)(F)F)ccc1N. The van der Waals surface area contributed by atoms with Gasteiger partial charge in [0.25, 0.3) is 5.91 Å². The van der Waals surface area contributed by atoms with Crippen LogP contribution in [0.3, 0.4) is 0 Å². The zero-order chi connectivity index (χ0) is 12.3. The molecule has 0 unspecified atom stereocenters. The molecule has 1 aromatic carbocycles. The van der Waals surface area contributed by atoms with Gasteiger partial charge in [0.1, 0.15) is 5.75 Å². The van der Waals surface area contributed by atoms with E-state index in [1.54, 1.807) is 0 Å². The minimum Gasteiger partial charge on any atom is -0.484 e. The average molecular weight is 234 g/mol. The van der Waals surface area contributed by atoms with Gasteiger partial charge in [0.05, 0.1) is 5.56 Å². The smallest absolute Gasteiger partial charge is 0.422 e. The van der Waals surface area contributed by atoms with Crippen molar-refractivity contribution >= 4 is 11.6 Å². The highest BCUT2D eigenvalue weighted by atomic mass is 19.4. The van der Waals surface area contributed by atoms with Gasteiger partial charge in [0, 0.05) is 5.69 Å². The highest BCUT2D eigenvalue weighted by molar-refractivity contribution is 5.98. The Bertz CT molecular complexity index is 404. The zero-order valence-corrected chi connectivity index (χ0v) is 8.04. The van der Waals surface area contributed by atoms with Gasteiger partial charge in [-0.2, -0.15) is 13.2 Å². The third kappa shape index (κ3) is 3.34. The summed E-state index contributed by atoms with van der Waals surface area (Å²) >= 11 is 0. The van der Waals surface area contributed by atoms with Gasteiger partial charge in [-0.05, 0) is 18.2 Å². The fraction of sp³-hybridized carbons (Fsp3) is 0.222. The molecule has 0 saturated carbocycles. The fourth-order valence-corrected chi connectivity index (χ4v) is 1.00. The summed E-state index contributed by atoms with van der Waals surface area (Å²) in [4.78, 5) is 10.8. The van der Waals surface area contributed by atoms with Crippen molar-refractivity contribution in [3.05, 3.63) is 23.8 Å². The molecule has 16 heavy (non-hydrogen) atoms. The number of hydrogen-bond donors (Lipinski definition) is 2. The standard InChI is InChI=1S/C9H9F3N2O2/c10-9(11,12)4-16-5-1-2-7(13)6(3-5)8(14)15/h1-3H,4,13H2,(H2,14,15). The van der Waals surface area contributed by atoms with Gasteiger partial charge in [0.15, 0.2) is 6.61 Å². The molecule has 0 heterocycles. The van der Waals surface area contributed by atoms with Crippen LogP contribution in [-0.4, -0.2) is 18.7 Å². The maximum absolute atomic E-state index is 11.8. The van der Waals surface area contributed by atoms with Gasteiger partial charge < -0.3 is 16.2 Å². The monoisotopic (exact) mass is 234 g/mol. The number of halogens is 3. The van der Waals surface area contributed by atoms with Gasteiger partial charge in [-0.1, -0.05) is 0 Å². The Morgan fingerprint density at radius 3 is 2.50 bits per heavy atom. The summed E-state index contributed by atoms with van der Waals surface area (Å²) < 4.78 is 39.9. The van der Waals surface area contributed by atoms with E-state index < -0.39 is 18.7 Å². The largest absolute Gasteiger partial charge is 0.484 e. The summed E-state index contributed by atoms with van der Waals surface area (Å²) in [6, 6.07) is 3.56. The number of primary amides is 1. The van der Waals surface area contributed by atoms with Crippen LogP contribution in [0.2, 0.25) is 0 Å².